The van der Waals surface area contributed by atoms with E-state index in [4.69, 9.17) is 0 Å². The van der Waals surface area contributed by atoms with E-state index in [1.807, 2.05) is 37.3 Å². The fraction of sp³-hybridized carbons (Fsp3) is 0.227. The second-order valence-electron chi connectivity index (χ2n) is 6.86. The minimum atomic E-state index is -4.13. The predicted octanol–water partition coefficient (Wildman–Crippen LogP) is 3.08. The number of ether oxygens (including phenoxy) is 2. The van der Waals surface area contributed by atoms with Crippen molar-refractivity contribution in [2.24, 2.45) is 0 Å². The Labute approximate surface area is 185 Å². The number of aromatic nitrogens is 2. The van der Waals surface area contributed by atoms with E-state index in [0.29, 0.717) is 12.2 Å². The van der Waals surface area contributed by atoms with E-state index >= 15 is 0 Å². The quantitative estimate of drug-likeness (QED) is 0.498. The molecule has 1 unspecified atom stereocenters. The lowest BCUT2D eigenvalue weighted by Crippen LogP contribution is -2.29. The smallest absolute Gasteiger partial charge is 0.337 e. The minimum Gasteiger partial charge on any atom is -0.465 e. The summed E-state index contributed by atoms with van der Waals surface area (Å²) in [7, 11) is -1.81. The van der Waals surface area contributed by atoms with Crippen molar-refractivity contribution in [3.63, 3.8) is 0 Å². The summed E-state index contributed by atoms with van der Waals surface area (Å²) in [5.74, 6) is -1.12. The summed E-state index contributed by atoms with van der Waals surface area (Å²) in [6.45, 7) is 1.81. The van der Waals surface area contributed by atoms with Crippen LogP contribution in [0.1, 0.15) is 45.9 Å². The summed E-state index contributed by atoms with van der Waals surface area (Å²) in [6.07, 6.45) is 2.04. The molecule has 0 amide bonds. The molecule has 1 heterocycles. The number of benzene rings is 2. The third-order valence-electron chi connectivity index (χ3n) is 4.78. The molecule has 3 rings (SSSR count). The lowest BCUT2D eigenvalue weighted by molar-refractivity contribution is 0.0598. The minimum absolute atomic E-state index is 0.0896. The molecule has 0 saturated heterocycles. The number of H-pyrrole nitrogens is 1. The van der Waals surface area contributed by atoms with Crippen molar-refractivity contribution < 1.29 is 27.5 Å². The molecule has 32 heavy (non-hydrogen) atoms. The molecule has 10 heteroatoms. The molecule has 168 valence electrons. The highest BCUT2D eigenvalue weighted by molar-refractivity contribution is 7.89. The Morgan fingerprint density at radius 1 is 1.03 bits per heavy atom. The largest absolute Gasteiger partial charge is 0.465 e. The summed E-state index contributed by atoms with van der Waals surface area (Å²) < 4.78 is 38.2. The van der Waals surface area contributed by atoms with Crippen molar-refractivity contribution >= 4 is 22.0 Å². The van der Waals surface area contributed by atoms with Crippen molar-refractivity contribution in [1.29, 1.82) is 0 Å². The summed E-state index contributed by atoms with van der Waals surface area (Å²) in [6, 6.07) is 12.3. The van der Waals surface area contributed by atoms with Crippen LogP contribution >= 0.6 is 0 Å². The predicted molar refractivity (Wildman–Crippen MR) is 116 cm³/mol. The number of imidazole rings is 1. The van der Waals surface area contributed by atoms with Crippen LogP contribution in [0.3, 0.4) is 0 Å². The number of sulfonamides is 1. The Hall–Kier alpha value is -3.50. The molecule has 0 aliphatic rings. The first-order chi connectivity index (χ1) is 15.3. The van der Waals surface area contributed by atoms with Gasteiger partial charge >= 0.3 is 11.9 Å². The fourth-order valence-corrected chi connectivity index (χ4v) is 4.44. The van der Waals surface area contributed by atoms with Gasteiger partial charge in [0.15, 0.2) is 0 Å². The molecule has 0 aliphatic heterocycles. The Bertz CT molecular complexity index is 1190. The zero-order valence-corrected chi connectivity index (χ0v) is 18.6. The van der Waals surface area contributed by atoms with Crippen LogP contribution in [0.2, 0.25) is 0 Å². The van der Waals surface area contributed by atoms with Crippen LogP contribution in [0.4, 0.5) is 0 Å². The van der Waals surface area contributed by atoms with E-state index in [0.717, 1.165) is 37.6 Å². The fourth-order valence-electron chi connectivity index (χ4n) is 3.09. The number of aromatic amines is 1. The van der Waals surface area contributed by atoms with Crippen molar-refractivity contribution in [3.05, 3.63) is 71.7 Å². The Balaban J connectivity index is 1.94. The molecule has 0 fully saturated rings. The van der Waals surface area contributed by atoms with Gasteiger partial charge in [0.1, 0.15) is 5.82 Å². The molecular formula is C22H23N3O6S. The van der Waals surface area contributed by atoms with Gasteiger partial charge in [0.05, 0.1) is 48.2 Å². The van der Waals surface area contributed by atoms with Crippen molar-refractivity contribution in [3.8, 4) is 11.3 Å². The maximum Gasteiger partial charge on any atom is 0.337 e. The second-order valence-corrected chi connectivity index (χ2v) is 8.57. The first-order valence-electron chi connectivity index (χ1n) is 9.73. The normalized spacial score (nSPS) is 12.2. The average molecular weight is 458 g/mol. The van der Waals surface area contributed by atoms with Gasteiger partial charge in [-0.1, -0.05) is 37.3 Å². The highest BCUT2D eigenvalue weighted by Crippen LogP contribution is 2.23. The van der Waals surface area contributed by atoms with Crippen LogP contribution in [0.5, 0.6) is 0 Å². The molecule has 0 saturated carbocycles. The van der Waals surface area contributed by atoms with Gasteiger partial charge in [-0.05, 0) is 30.2 Å². The number of rotatable bonds is 8. The number of carbonyl (C=O) groups excluding carboxylic acids is 2. The van der Waals surface area contributed by atoms with Crippen LogP contribution in [0.15, 0.2) is 59.6 Å². The zero-order chi connectivity index (χ0) is 23.3. The number of hydrogen-bond acceptors (Lipinski definition) is 7. The van der Waals surface area contributed by atoms with Crippen molar-refractivity contribution in [2.45, 2.75) is 24.3 Å². The van der Waals surface area contributed by atoms with E-state index in [-0.39, 0.29) is 16.0 Å². The molecule has 3 aromatic rings. The third kappa shape index (κ3) is 5.04. The summed E-state index contributed by atoms with van der Waals surface area (Å²) in [5, 5.41) is 0. The lowest BCUT2D eigenvalue weighted by atomic mass is 10.1. The molecule has 0 spiro atoms. The number of methoxy groups -OCH3 is 2. The first-order valence-corrected chi connectivity index (χ1v) is 11.2. The van der Waals surface area contributed by atoms with E-state index in [1.54, 1.807) is 6.20 Å². The summed E-state index contributed by atoms with van der Waals surface area (Å²) in [4.78, 5) is 31.2. The van der Waals surface area contributed by atoms with Crippen LogP contribution in [-0.2, 0) is 19.5 Å². The number of hydrogen-bond donors (Lipinski definition) is 2. The maximum atomic E-state index is 13.1. The van der Waals surface area contributed by atoms with E-state index < -0.39 is 28.0 Å². The van der Waals surface area contributed by atoms with Crippen LogP contribution in [0, 0.1) is 0 Å². The first kappa shape index (κ1) is 23.2. The Morgan fingerprint density at radius 2 is 1.62 bits per heavy atom. The summed E-state index contributed by atoms with van der Waals surface area (Å²) >= 11 is 0. The highest BCUT2D eigenvalue weighted by atomic mass is 32.2. The van der Waals surface area contributed by atoms with Gasteiger partial charge in [0.25, 0.3) is 0 Å². The van der Waals surface area contributed by atoms with E-state index in [1.165, 1.54) is 6.07 Å². The Kier molecular flexibility index (Phi) is 7.06. The number of nitrogens with one attached hydrogen (secondary N) is 2. The molecule has 2 N–H and O–H groups in total. The van der Waals surface area contributed by atoms with Gasteiger partial charge in [-0.3, -0.25) is 0 Å². The van der Waals surface area contributed by atoms with Crippen molar-refractivity contribution in [2.75, 3.05) is 14.2 Å². The zero-order valence-electron chi connectivity index (χ0n) is 17.8. The van der Waals surface area contributed by atoms with Gasteiger partial charge in [-0.15, -0.1) is 0 Å². The molecule has 0 aliphatic carbocycles. The summed E-state index contributed by atoms with van der Waals surface area (Å²) in [5.41, 5.74) is 1.48. The van der Waals surface area contributed by atoms with Gasteiger partial charge in [-0.2, -0.15) is 0 Å². The monoisotopic (exact) mass is 457 g/mol. The van der Waals surface area contributed by atoms with Crippen LogP contribution in [-0.4, -0.2) is 44.5 Å². The van der Waals surface area contributed by atoms with Gasteiger partial charge in [0, 0.05) is 0 Å². The van der Waals surface area contributed by atoms with Gasteiger partial charge < -0.3 is 14.5 Å². The molecule has 1 atom stereocenters. The van der Waals surface area contributed by atoms with Gasteiger partial charge in [0.2, 0.25) is 10.0 Å². The van der Waals surface area contributed by atoms with E-state index in [9.17, 15) is 18.0 Å². The molecular weight excluding hydrogens is 434 g/mol. The molecule has 9 nitrogen and oxygen atoms in total. The maximum absolute atomic E-state index is 13.1. The number of nitrogens with zero attached hydrogens (tertiary/aromatic N) is 1. The van der Waals surface area contributed by atoms with Crippen molar-refractivity contribution in [1.82, 2.24) is 14.7 Å². The highest BCUT2D eigenvalue weighted by Gasteiger charge is 2.25. The average Bonchev–Trinajstić information content (AvgIpc) is 3.32. The number of esters is 2. The van der Waals surface area contributed by atoms with Crippen LogP contribution < -0.4 is 4.72 Å². The topological polar surface area (TPSA) is 127 Å². The SMILES string of the molecule is CCC(NS(=O)(=O)c1cc(C(=O)OC)cc(C(=O)OC)c1)c1ncc(-c2ccccc2)[nH]1. The lowest BCUT2D eigenvalue weighted by Gasteiger charge is -2.16. The standard InChI is InChI=1S/C22H23N3O6S/c1-4-18(20-23-13-19(24-20)14-8-6-5-7-9-14)25-32(28,29)17-11-15(21(26)30-2)10-16(12-17)22(27)31-3/h5-13,18,25H,4H2,1-3H3,(H,23,24). The molecule has 1 aromatic heterocycles. The third-order valence-corrected chi connectivity index (χ3v) is 6.23. The molecule has 2 aromatic carbocycles. The van der Waals surface area contributed by atoms with Gasteiger partial charge in [-0.25, -0.2) is 27.7 Å². The Morgan fingerprint density at radius 3 is 2.16 bits per heavy atom. The second kappa shape index (κ2) is 9.75. The van der Waals surface area contributed by atoms with Crippen LogP contribution in [0.25, 0.3) is 11.3 Å². The molecule has 0 bridgehead atoms. The number of carbonyl (C=O) groups is 2. The van der Waals surface area contributed by atoms with E-state index in [2.05, 4.69) is 24.2 Å². The molecule has 0 radical (unpaired) electrons.